The summed E-state index contributed by atoms with van der Waals surface area (Å²) in [4.78, 5) is 48.6. The third-order valence-corrected chi connectivity index (χ3v) is 3.63. The molecule has 1 rings (SSSR count). The zero-order valence-electron chi connectivity index (χ0n) is 12.6. The van der Waals surface area contributed by atoms with Crippen LogP contribution in [0, 0.1) is 0 Å². The summed E-state index contributed by atoms with van der Waals surface area (Å²) < 4.78 is 19.0. The van der Waals surface area contributed by atoms with Gasteiger partial charge in [-0.2, -0.15) is 0 Å². The molecule has 0 fully saturated rings. The predicted molar refractivity (Wildman–Crippen MR) is 83.0 cm³/mol. The molecule has 0 saturated carbocycles. The second-order valence-electron chi connectivity index (χ2n) is 4.66. The van der Waals surface area contributed by atoms with Crippen LogP contribution in [0.3, 0.4) is 0 Å². The molecular weight excluding hydrogens is 380 g/mol. The zero-order chi connectivity index (χ0) is 19.0. The number of hydrogen-bond acceptors (Lipinski definition) is 8. The Morgan fingerprint density at radius 3 is 2.32 bits per heavy atom. The van der Waals surface area contributed by atoms with Crippen molar-refractivity contribution >= 4 is 28.7 Å². The molecule has 138 valence electrons. The second-order valence-corrected chi connectivity index (χ2v) is 6.01. The maximum absolute atomic E-state index is 11.9. The van der Waals surface area contributed by atoms with E-state index in [2.05, 4.69) is 14.4 Å². The van der Waals surface area contributed by atoms with Gasteiger partial charge in [0.15, 0.2) is 0 Å². The number of carboxylic acid groups (broad SMARTS) is 1. The minimum atomic E-state index is -3.30. The standard InChI is InChI=1S/C12H15NO10P2/c14-10(15)7-8-1-3-9(4-2-8)11(16)13-6-5-12(17,22-24(18)19)23-25(20)21/h1-4,17-19H,5-7H2,(H2-,13,14,15,16,20,21)/p+1. The number of benzene rings is 1. The summed E-state index contributed by atoms with van der Waals surface area (Å²) in [5.41, 5.74) is 0.713. The fraction of sp³-hybridized carbons (Fsp3) is 0.333. The maximum atomic E-state index is 11.9. The van der Waals surface area contributed by atoms with Crippen molar-refractivity contribution in [2.75, 3.05) is 6.54 Å². The van der Waals surface area contributed by atoms with Crippen LogP contribution >= 0.6 is 16.9 Å². The van der Waals surface area contributed by atoms with Crippen molar-refractivity contribution in [1.82, 2.24) is 5.32 Å². The highest BCUT2D eigenvalue weighted by Crippen LogP contribution is 2.38. The fourth-order valence-corrected chi connectivity index (χ4v) is 2.56. The van der Waals surface area contributed by atoms with Crippen molar-refractivity contribution in [3.05, 3.63) is 35.4 Å². The highest BCUT2D eigenvalue weighted by atomic mass is 31.2. The number of aliphatic hydroxyl groups is 1. The van der Waals surface area contributed by atoms with Gasteiger partial charge in [0.25, 0.3) is 5.91 Å². The van der Waals surface area contributed by atoms with Crippen molar-refractivity contribution in [3.8, 4) is 0 Å². The zero-order valence-corrected chi connectivity index (χ0v) is 14.4. The Bertz CT molecular complexity index is 623. The number of carbonyl (C=O) groups is 2. The van der Waals surface area contributed by atoms with Crippen LogP contribution in [0.2, 0.25) is 0 Å². The van der Waals surface area contributed by atoms with E-state index < -0.39 is 41.1 Å². The lowest BCUT2D eigenvalue weighted by Gasteiger charge is -2.21. The van der Waals surface area contributed by atoms with E-state index in [1.807, 2.05) is 0 Å². The molecule has 0 bridgehead atoms. The molecule has 1 aromatic carbocycles. The van der Waals surface area contributed by atoms with E-state index in [9.17, 15) is 19.3 Å². The van der Waals surface area contributed by atoms with Gasteiger partial charge in [0.2, 0.25) is 0 Å². The molecule has 0 radical (unpaired) electrons. The number of nitrogens with one attached hydrogen (secondary N) is 1. The summed E-state index contributed by atoms with van der Waals surface area (Å²) in [5.74, 6) is -4.35. The monoisotopic (exact) mass is 396 g/mol. The summed E-state index contributed by atoms with van der Waals surface area (Å²) >= 11 is 0. The summed E-state index contributed by atoms with van der Waals surface area (Å²) in [6.45, 7) is -0.293. The summed E-state index contributed by atoms with van der Waals surface area (Å²) in [7, 11) is -6.38. The molecule has 0 spiro atoms. The lowest BCUT2D eigenvalue weighted by atomic mass is 10.1. The lowest BCUT2D eigenvalue weighted by molar-refractivity contribution is -0.278. The van der Waals surface area contributed by atoms with E-state index in [1.165, 1.54) is 24.3 Å². The van der Waals surface area contributed by atoms with Gasteiger partial charge in [-0.1, -0.05) is 16.7 Å². The number of carboxylic acids is 1. The predicted octanol–water partition coefficient (Wildman–Crippen LogP) is -0.0259. The number of aliphatic carboxylic acids is 1. The molecule has 13 heteroatoms. The van der Waals surface area contributed by atoms with Gasteiger partial charge in [-0.15, -0.1) is 4.89 Å². The first-order valence-electron chi connectivity index (χ1n) is 6.65. The molecule has 0 aliphatic carbocycles. The number of carbonyl (C=O) groups excluding carboxylic acids is 1. The van der Waals surface area contributed by atoms with Gasteiger partial charge in [0.05, 0.1) is 12.8 Å². The number of hydrogen-bond donors (Lipinski definition) is 6. The molecule has 6 N–H and O–H groups in total. The molecule has 0 aliphatic heterocycles. The molecule has 1 amide bonds. The van der Waals surface area contributed by atoms with Gasteiger partial charge in [0, 0.05) is 16.7 Å². The topological polar surface area (TPSA) is 183 Å². The maximum Gasteiger partial charge on any atom is 0.700 e. The van der Waals surface area contributed by atoms with Gasteiger partial charge in [-0.05, 0) is 17.7 Å². The number of rotatable bonds is 10. The molecule has 0 aliphatic rings. The van der Waals surface area contributed by atoms with Crippen molar-refractivity contribution in [2.24, 2.45) is 0 Å². The third kappa shape index (κ3) is 8.39. The van der Waals surface area contributed by atoms with Gasteiger partial charge in [-0.3, -0.25) is 14.1 Å². The molecular formula is C12H16NO10P2+. The average molecular weight is 396 g/mol. The van der Waals surface area contributed by atoms with Crippen LogP contribution in [0.5, 0.6) is 0 Å². The van der Waals surface area contributed by atoms with Gasteiger partial charge >= 0.3 is 28.8 Å². The van der Waals surface area contributed by atoms with Crippen LogP contribution in [0.15, 0.2) is 24.3 Å². The van der Waals surface area contributed by atoms with Crippen LogP contribution in [-0.4, -0.2) is 49.3 Å². The Labute approximate surface area is 143 Å². The van der Waals surface area contributed by atoms with E-state index in [0.717, 1.165) is 0 Å². The summed E-state index contributed by atoms with van der Waals surface area (Å²) in [5, 5.41) is 20.8. The van der Waals surface area contributed by atoms with E-state index in [1.54, 1.807) is 0 Å². The first kappa shape index (κ1) is 21.5. The van der Waals surface area contributed by atoms with Gasteiger partial charge < -0.3 is 25.3 Å². The van der Waals surface area contributed by atoms with Crippen LogP contribution in [-0.2, 0) is 24.8 Å². The number of amides is 1. The molecule has 2 atom stereocenters. The molecule has 0 heterocycles. The Balaban J connectivity index is 2.59. The fourth-order valence-electron chi connectivity index (χ4n) is 1.74. The van der Waals surface area contributed by atoms with Crippen LogP contribution < -0.4 is 5.32 Å². The van der Waals surface area contributed by atoms with Crippen LogP contribution in [0.4, 0.5) is 0 Å². The highest BCUT2D eigenvalue weighted by Gasteiger charge is 2.42. The quantitative estimate of drug-likeness (QED) is 0.232. The van der Waals surface area contributed by atoms with Crippen LogP contribution in [0.25, 0.3) is 0 Å². The molecule has 0 aromatic heterocycles. The highest BCUT2D eigenvalue weighted by molar-refractivity contribution is 7.39. The van der Waals surface area contributed by atoms with Crippen molar-refractivity contribution in [2.45, 2.75) is 18.8 Å². The second kappa shape index (κ2) is 9.81. The molecule has 2 unspecified atom stereocenters. The molecule has 1 aromatic rings. The Morgan fingerprint density at radius 1 is 1.24 bits per heavy atom. The Kier molecular flexibility index (Phi) is 8.43. The van der Waals surface area contributed by atoms with Gasteiger partial charge in [-0.25, -0.2) is 0 Å². The van der Waals surface area contributed by atoms with E-state index >= 15 is 0 Å². The van der Waals surface area contributed by atoms with E-state index in [0.29, 0.717) is 5.56 Å². The SMILES string of the molecule is O=C(O)Cc1ccc(C(=O)NCCC(O)(OP(O)O)O[P+](=O)O)cc1. The smallest absolute Gasteiger partial charge is 0.481 e. The molecule has 0 saturated heterocycles. The lowest BCUT2D eigenvalue weighted by Crippen LogP contribution is -2.37. The van der Waals surface area contributed by atoms with Crippen molar-refractivity contribution in [3.63, 3.8) is 0 Å². The van der Waals surface area contributed by atoms with E-state index in [4.69, 9.17) is 19.8 Å². The minimum Gasteiger partial charge on any atom is -0.481 e. The first-order valence-corrected chi connectivity index (χ1v) is 8.94. The van der Waals surface area contributed by atoms with E-state index in [-0.39, 0.29) is 18.5 Å². The Hall–Kier alpha value is -1.55. The largest absolute Gasteiger partial charge is 0.700 e. The average Bonchev–Trinajstić information content (AvgIpc) is 2.45. The minimum absolute atomic E-state index is 0.186. The summed E-state index contributed by atoms with van der Waals surface area (Å²) in [6.07, 6.45) is -0.758. The Morgan fingerprint density at radius 2 is 1.84 bits per heavy atom. The van der Waals surface area contributed by atoms with Crippen LogP contribution in [0.1, 0.15) is 22.3 Å². The van der Waals surface area contributed by atoms with Crippen molar-refractivity contribution in [1.29, 1.82) is 0 Å². The summed E-state index contributed by atoms with van der Waals surface area (Å²) in [6, 6.07) is 5.73. The first-order chi connectivity index (χ1) is 11.6. The van der Waals surface area contributed by atoms with Crippen molar-refractivity contribution < 1.29 is 48.1 Å². The molecule has 25 heavy (non-hydrogen) atoms. The molecule has 11 nitrogen and oxygen atoms in total. The normalized spacial score (nSPS) is 14.0. The third-order valence-electron chi connectivity index (χ3n) is 2.74. The van der Waals surface area contributed by atoms with Gasteiger partial charge in [0.1, 0.15) is 0 Å².